The fourth-order valence-electron chi connectivity index (χ4n) is 8.61. The van der Waals surface area contributed by atoms with Crippen LogP contribution in [0.15, 0.2) is 170 Å². The average molecular weight is 805 g/mol. The predicted octanol–water partition coefficient (Wildman–Crippen LogP) is 13.6. The first-order chi connectivity index (χ1) is 30.3. The van der Waals surface area contributed by atoms with Crippen LogP contribution in [-0.4, -0.2) is 29.1 Å². The summed E-state index contributed by atoms with van der Waals surface area (Å²) in [4.78, 5) is 19.3. The van der Waals surface area contributed by atoms with E-state index in [9.17, 15) is 0 Å². The molecule has 0 atom stereocenters. The Labute approximate surface area is 358 Å². The number of benzene rings is 6. The van der Waals surface area contributed by atoms with Gasteiger partial charge in [0.05, 0.1) is 45.8 Å². The molecule has 5 heterocycles. The number of aromatic nitrogens is 6. The van der Waals surface area contributed by atoms with Crippen molar-refractivity contribution in [2.45, 2.75) is 27.7 Å². The van der Waals surface area contributed by atoms with E-state index < -0.39 is 0 Å². The number of pyridine rings is 2. The Bertz CT molecular complexity index is 3300. The topological polar surface area (TPSA) is 79.9 Å². The molecule has 0 saturated heterocycles. The van der Waals surface area contributed by atoms with Gasteiger partial charge in [0.25, 0.3) is 0 Å². The zero-order valence-electron chi connectivity index (χ0n) is 34.7. The summed E-state index contributed by atoms with van der Waals surface area (Å²) in [7, 11) is 0. The van der Waals surface area contributed by atoms with Gasteiger partial charge < -0.3 is 9.47 Å². The highest BCUT2D eigenvalue weighted by Crippen LogP contribution is 2.38. The molecule has 0 spiro atoms. The first-order valence-corrected chi connectivity index (χ1v) is 20.7. The van der Waals surface area contributed by atoms with E-state index in [4.69, 9.17) is 29.4 Å². The zero-order chi connectivity index (χ0) is 41.9. The number of para-hydroxylation sites is 2. The van der Waals surface area contributed by atoms with Crippen LogP contribution in [0.25, 0.3) is 77.8 Å². The largest absolute Gasteiger partial charge is 0.457 e. The molecule has 8 nitrogen and oxygen atoms in total. The van der Waals surface area contributed by atoms with Crippen molar-refractivity contribution in [1.82, 2.24) is 29.1 Å². The summed E-state index contributed by atoms with van der Waals surface area (Å²) in [5.74, 6) is 4.64. The molecule has 0 aliphatic carbocycles. The van der Waals surface area contributed by atoms with Crippen molar-refractivity contribution in [3.63, 3.8) is 0 Å². The highest BCUT2D eigenvalue weighted by molar-refractivity contribution is 6.10. The maximum atomic E-state index is 6.58. The summed E-state index contributed by atoms with van der Waals surface area (Å²) in [6, 6.07) is 49.9. The molecule has 11 rings (SSSR count). The second-order valence-electron chi connectivity index (χ2n) is 16.0. The molecule has 62 heavy (non-hydrogen) atoms. The number of aryl methyl sites for hydroxylation is 4. The Hall–Kier alpha value is -8.10. The van der Waals surface area contributed by atoms with Gasteiger partial charge in [-0.25, -0.2) is 9.97 Å². The molecule has 0 amide bonds. The van der Waals surface area contributed by atoms with E-state index in [2.05, 4.69) is 134 Å². The van der Waals surface area contributed by atoms with Gasteiger partial charge in [-0.2, -0.15) is 0 Å². The van der Waals surface area contributed by atoms with Gasteiger partial charge in [0.15, 0.2) is 0 Å². The molecule has 0 N–H and O–H groups in total. The summed E-state index contributed by atoms with van der Waals surface area (Å²) in [6.07, 6.45) is 7.36. The molecule has 0 aliphatic rings. The lowest BCUT2D eigenvalue weighted by atomic mass is 10.1. The van der Waals surface area contributed by atoms with Crippen molar-refractivity contribution in [3.05, 3.63) is 193 Å². The fourth-order valence-corrected chi connectivity index (χ4v) is 8.61. The van der Waals surface area contributed by atoms with Crippen LogP contribution in [0.3, 0.4) is 0 Å². The average Bonchev–Trinajstić information content (AvgIpc) is 3.78. The van der Waals surface area contributed by atoms with E-state index in [1.54, 1.807) is 0 Å². The smallest absolute Gasteiger partial charge is 0.137 e. The maximum absolute atomic E-state index is 6.58. The van der Waals surface area contributed by atoms with Gasteiger partial charge in [0, 0.05) is 57.2 Å². The monoisotopic (exact) mass is 804 g/mol. The Balaban J connectivity index is 0.875. The lowest BCUT2D eigenvalue weighted by Crippen LogP contribution is -1.97. The lowest BCUT2D eigenvalue weighted by Gasteiger charge is -2.12. The highest BCUT2D eigenvalue weighted by atomic mass is 16.5. The highest BCUT2D eigenvalue weighted by Gasteiger charge is 2.17. The van der Waals surface area contributed by atoms with Crippen molar-refractivity contribution < 1.29 is 9.47 Å². The van der Waals surface area contributed by atoms with Gasteiger partial charge in [0.1, 0.15) is 34.6 Å². The standard InChI is InChI=1S/C54H40N6O2/c1-33-17-19-55-53(25-33)59-49-11-7-5-9-43(49)45-15-13-39(29-51(45)59)61-41-23-35(3)21-37(27-41)47-31-58-48(32-57-47)38-22-36(4)24-42(28-38)62-40-14-16-46-44-10-6-8-12-50(44)60(52(46)30-40)54-26-34(2)18-20-56-54/h5-32H,1-4H3. The number of hydrogen-bond donors (Lipinski definition) is 0. The molecular formula is C54H40N6O2. The second kappa shape index (κ2) is 14.9. The van der Waals surface area contributed by atoms with E-state index in [-0.39, 0.29) is 0 Å². The van der Waals surface area contributed by atoms with Crippen molar-refractivity contribution in [1.29, 1.82) is 0 Å². The molecule has 0 aliphatic heterocycles. The minimum atomic E-state index is 0.718. The van der Waals surface area contributed by atoms with Crippen LogP contribution in [0, 0.1) is 27.7 Å². The van der Waals surface area contributed by atoms with Gasteiger partial charge in [-0.15, -0.1) is 0 Å². The Morgan fingerprint density at radius 1 is 0.355 bits per heavy atom. The van der Waals surface area contributed by atoms with Gasteiger partial charge in [0.2, 0.25) is 0 Å². The molecule has 5 aromatic heterocycles. The Morgan fingerprint density at radius 2 is 0.790 bits per heavy atom. The molecule has 11 aromatic rings. The van der Waals surface area contributed by atoms with E-state index in [1.807, 2.05) is 73.3 Å². The van der Waals surface area contributed by atoms with Crippen LogP contribution >= 0.6 is 0 Å². The third-order valence-electron chi connectivity index (χ3n) is 11.4. The van der Waals surface area contributed by atoms with Crippen molar-refractivity contribution >= 4 is 43.6 Å². The van der Waals surface area contributed by atoms with Crippen molar-refractivity contribution in [3.8, 4) is 57.1 Å². The van der Waals surface area contributed by atoms with Crippen LogP contribution in [0.1, 0.15) is 22.3 Å². The summed E-state index contributed by atoms with van der Waals surface area (Å²) in [5.41, 5.74) is 12.0. The minimum Gasteiger partial charge on any atom is -0.457 e. The summed E-state index contributed by atoms with van der Waals surface area (Å²) < 4.78 is 17.6. The first kappa shape index (κ1) is 36.9. The van der Waals surface area contributed by atoms with Gasteiger partial charge >= 0.3 is 0 Å². The SMILES string of the molecule is Cc1cc(Oc2ccc3c4ccccc4n(-c4cc(C)ccn4)c3c2)cc(-c2cnc(-c3cc(C)cc(Oc4ccc5c6ccccc6n(-c6cc(C)ccn6)c5c4)c3)cn2)c1. The molecule has 0 bridgehead atoms. The Kier molecular flexibility index (Phi) is 8.86. The molecule has 0 unspecified atom stereocenters. The number of ether oxygens (including phenoxy) is 2. The first-order valence-electron chi connectivity index (χ1n) is 20.7. The zero-order valence-corrected chi connectivity index (χ0v) is 34.7. The fraction of sp³-hybridized carbons (Fsp3) is 0.0741. The molecule has 0 radical (unpaired) electrons. The van der Waals surface area contributed by atoms with Crippen LogP contribution in [-0.2, 0) is 0 Å². The molecule has 298 valence electrons. The third kappa shape index (κ3) is 6.68. The summed E-state index contributed by atoms with van der Waals surface area (Å²) in [6.45, 7) is 8.30. The Morgan fingerprint density at radius 3 is 1.23 bits per heavy atom. The number of hydrogen-bond acceptors (Lipinski definition) is 6. The van der Waals surface area contributed by atoms with Crippen LogP contribution in [0.2, 0.25) is 0 Å². The van der Waals surface area contributed by atoms with E-state index >= 15 is 0 Å². The van der Waals surface area contributed by atoms with E-state index in [0.717, 1.165) is 112 Å². The molecular weight excluding hydrogens is 765 g/mol. The van der Waals surface area contributed by atoms with Crippen molar-refractivity contribution in [2.24, 2.45) is 0 Å². The molecule has 0 saturated carbocycles. The lowest BCUT2D eigenvalue weighted by molar-refractivity contribution is 0.482. The molecule has 0 fully saturated rings. The second-order valence-corrected chi connectivity index (χ2v) is 16.0. The molecule has 6 aromatic carbocycles. The maximum Gasteiger partial charge on any atom is 0.137 e. The molecule has 8 heteroatoms. The van der Waals surface area contributed by atoms with Crippen LogP contribution in [0.4, 0.5) is 0 Å². The van der Waals surface area contributed by atoms with E-state index in [1.165, 1.54) is 10.8 Å². The van der Waals surface area contributed by atoms with Gasteiger partial charge in [-0.3, -0.25) is 19.1 Å². The summed E-state index contributed by atoms with van der Waals surface area (Å²) >= 11 is 0. The van der Waals surface area contributed by atoms with Crippen LogP contribution in [0.5, 0.6) is 23.0 Å². The normalized spacial score (nSPS) is 11.5. The minimum absolute atomic E-state index is 0.718. The predicted molar refractivity (Wildman–Crippen MR) is 249 cm³/mol. The van der Waals surface area contributed by atoms with Crippen molar-refractivity contribution in [2.75, 3.05) is 0 Å². The van der Waals surface area contributed by atoms with E-state index in [0.29, 0.717) is 0 Å². The number of rotatable bonds is 8. The van der Waals surface area contributed by atoms with Gasteiger partial charge in [-0.1, -0.05) is 36.4 Å². The number of nitrogens with zero attached hydrogens (tertiary/aromatic N) is 6. The number of fused-ring (bicyclic) bond motifs is 6. The summed E-state index contributed by atoms with van der Waals surface area (Å²) in [5, 5.41) is 4.62. The van der Waals surface area contributed by atoms with Gasteiger partial charge in [-0.05, 0) is 147 Å². The van der Waals surface area contributed by atoms with Crippen LogP contribution < -0.4 is 9.47 Å². The third-order valence-corrected chi connectivity index (χ3v) is 11.4. The quantitative estimate of drug-likeness (QED) is 0.152.